The smallest absolute Gasteiger partial charge is 0.253 e. The Balaban J connectivity index is 2.13. The fourth-order valence-electron chi connectivity index (χ4n) is 2.31. The minimum absolute atomic E-state index is 0.0918. The molecule has 0 radical (unpaired) electrons. The highest BCUT2D eigenvalue weighted by Crippen LogP contribution is 2.20. The molecule has 3 nitrogen and oxygen atoms in total. The maximum absolute atomic E-state index is 12.0. The van der Waals surface area contributed by atoms with Crippen molar-refractivity contribution in [3.8, 4) is 0 Å². The molecule has 1 aliphatic heterocycles. The zero-order valence-electron chi connectivity index (χ0n) is 10.8. The first-order valence-corrected chi connectivity index (χ1v) is 6.10. The second-order valence-corrected chi connectivity index (χ2v) is 5.16. The van der Waals surface area contributed by atoms with Gasteiger partial charge in [-0.3, -0.25) is 9.69 Å². The molecule has 92 valence electrons. The van der Waals surface area contributed by atoms with Crippen LogP contribution in [0.1, 0.15) is 22.8 Å². The second kappa shape index (κ2) is 4.88. The summed E-state index contributed by atoms with van der Waals surface area (Å²) in [5.74, 6) is 0.890. The summed E-state index contributed by atoms with van der Waals surface area (Å²) in [6, 6.07) is 7.91. The Bertz CT molecular complexity index is 408. The summed E-state index contributed by atoms with van der Waals surface area (Å²) in [5, 5.41) is 0. The summed E-state index contributed by atoms with van der Waals surface area (Å²) in [5.41, 5.74) is 1.97. The van der Waals surface area contributed by atoms with Crippen molar-refractivity contribution in [3.63, 3.8) is 0 Å². The number of hydrogen-bond acceptors (Lipinski definition) is 2. The maximum atomic E-state index is 12.0. The molecule has 1 heterocycles. The predicted molar refractivity (Wildman–Crippen MR) is 68.9 cm³/mol. The van der Waals surface area contributed by atoms with Crippen LogP contribution in [0.5, 0.6) is 0 Å². The Morgan fingerprint density at radius 1 is 1.35 bits per heavy atom. The highest BCUT2D eigenvalue weighted by molar-refractivity contribution is 5.95. The van der Waals surface area contributed by atoms with E-state index in [2.05, 4.69) is 17.9 Å². The van der Waals surface area contributed by atoms with E-state index in [1.807, 2.05) is 18.2 Å². The summed E-state index contributed by atoms with van der Waals surface area (Å²) in [4.78, 5) is 16.0. The van der Waals surface area contributed by atoms with Crippen LogP contribution in [0.25, 0.3) is 0 Å². The van der Waals surface area contributed by atoms with Crippen LogP contribution in [0.3, 0.4) is 0 Å². The molecule has 0 spiro atoms. The number of likely N-dealkylation sites (tertiary alicyclic amines) is 1. The van der Waals surface area contributed by atoms with Gasteiger partial charge in [0.1, 0.15) is 0 Å². The predicted octanol–water partition coefficient (Wildman–Crippen LogP) is 1.84. The van der Waals surface area contributed by atoms with E-state index in [9.17, 15) is 4.79 Å². The zero-order valence-corrected chi connectivity index (χ0v) is 10.8. The van der Waals surface area contributed by atoms with Crippen molar-refractivity contribution >= 4 is 5.91 Å². The largest absolute Gasteiger partial charge is 0.345 e. The van der Waals surface area contributed by atoms with E-state index >= 15 is 0 Å². The molecule has 0 unspecified atom stereocenters. The third-order valence-electron chi connectivity index (χ3n) is 3.19. The molecule has 1 aromatic rings. The summed E-state index contributed by atoms with van der Waals surface area (Å²) >= 11 is 0. The molecule has 3 heteroatoms. The standard InChI is InChI=1S/C14H20N2O/c1-11-8-16(9-11)10-12-6-4-5-7-13(12)14(17)15(2)3/h4-7,11H,8-10H2,1-3H3. The van der Waals surface area contributed by atoms with E-state index in [1.54, 1.807) is 19.0 Å². The lowest BCUT2D eigenvalue weighted by atomic mass is 9.99. The monoisotopic (exact) mass is 232 g/mol. The summed E-state index contributed by atoms with van der Waals surface area (Å²) in [6.07, 6.45) is 0. The number of nitrogens with zero attached hydrogens (tertiary/aromatic N) is 2. The molecule has 0 aromatic heterocycles. The van der Waals surface area contributed by atoms with Crippen molar-refractivity contribution in [1.82, 2.24) is 9.80 Å². The van der Waals surface area contributed by atoms with Crippen molar-refractivity contribution in [2.45, 2.75) is 13.5 Å². The molecule has 1 aliphatic rings. The van der Waals surface area contributed by atoms with Gasteiger partial charge in [-0.1, -0.05) is 25.1 Å². The Hall–Kier alpha value is -1.35. The molecular formula is C14H20N2O. The van der Waals surface area contributed by atoms with Crippen LogP contribution in [-0.2, 0) is 6.54 Å². The van der Waals surface area contributed by atoms with Gasteiger partial charge >= 0.3 is 0 Å². The number of carbonyl (C=O) groups is 1. The van der Waals surface area contributed by atoms with Crippen molar-refractivity contribution in [1.29, 1.82) is 0 Å². The van der Waals surface area contributed by atoms with E-state index in [0.717, 1.165) is 36.7 Å². The third kappa shape index (κ3) is 2.67. The first-order chi connectivity index (χ1) is 8.08. The van der Waals surface area contributed by atoms with Crippen molar-refractivity contribution < 1.29 is 4.79 Å². The molecule has 0 N–H and O–H groups in total. The number of amides is 1. The fourth-order valence-corrected chi connectivity index (χ4v) is 2.31. The van der Waals surface area contributed by atoms with E-state index < -0.39 is 0 Å². The van der Waals surface area contributed by atoms with E-state index in [-0.39, 0.29) is 5.91 Å². The number of carbonyl (C=O) groups excluding carboxylic acids is 1. The topological polar surface area (TPSA) is 23.6 Å². The molecule has 0 saturated carbocycles. The molecule has 1 saturated heterocycles. The van der Waals surface area contributed by atoms with Gasteiger partial charge in [0.15, 0.2) is 0 Å². The van der Waals surface area contributed by atoms with Crippen LogP contribution >= 0.6 is 0 Å². The average molecular weight is 232 g/mol. The summed E-state index contributed by atoms with van der Waals surface area (Å²) in [7, 11) is 3.59. The molecule has 0 atom stereocenters. The van der Waals surface area contributed by atoms with Gasteiger partial charge in [0.25, 0.3) is 5.91 Å². The number of rotatable bonds is 3. The van der Waals surface area contributed by atoms with Gasteiger partial charge in [-0.15, -0.1) is 0 Å². The van der Waals surface area contributed by atoms with Crippen LogP contribution < -0.4 is 0 Å². The highest BCUT2D eigenvalue weighted by Gasteiger charge is 2.23. The molecule has 1 amide bonds. The fraction of sp³-hybridized carbons (Fsp3) is 0.500. The van der Waals surface area contributed by atoms with Crippen LogP contribution in [0.2, 0.25) is 0 Å². The number of benzene rings is 1. The lowest BCUT2D eigenvalue weighted by Crippen LogP contribution is -2.44. The first kappa shape index (κ1) is 12.1. The lowest BCUT2D eigenvalue weighted by molar-refractivity contribution is 0.0817. The molecule has 2 rings (SSSR count). The van der Waals surface area contributed by atoms with Crippen molar-refractivity contribution in [2.75, 3.05) is 27.2 Å². The SMILES string of the molecule is CC1CN(Cc2ccccc2C(=O)N(C)C)C1. The Morgan fingerprint density at radius 3 is 2.59 bits per heavy atom. The third-order valence-corrected chi connectivity index (χ3v) is 3.19. The van der Waals surface area contributed by atoms with E-state index in [4.69, 9.17) is 0 Å². The minimum atomic E-state index is 0.0918. The maximum Gasteiger partial charge on any atom is 0.253 e. The molecule has 0 bridgehead atoms. The van der Waals surface area contributed by atoms with Crippen LogP contribution in [0, 0.1) is 5.92 Å². The summed E-state index contributed by atoms with van der Waals surface area (Å²) < 4.78 is 0. The molecule has 1 aromatic carbocycles. The van der Waals surface area contributed by atoms with Crippen LogP contribution in [0.4, 0.5) is 0 Å². The Kier molecular flexibility index (Phi) is 3.48. The second-order valence-electron chi connectivity index (χ2n) is 5.16. The summed E-state index contributed by atoms with van der Waals surface area (Å²) in [6.45, 7) is 5.43. The van der Waals surface area contributed by atoms with Crippen molar-refractivity contribution in [2.24, 2.45) is 5.92 Å². The zero-order chi connectivity index (χ0) is 12.4. The normalized spacial score (nSPS) is 16.6. The van der Waals surface area contributed by atoms with Gasteiger partial charge in [-0.2, -0.15) is 0 Å². The van der Waals surface area contributed by atoms with Gasteiger partial charge in [0.05, 0.1) is 0 Å². The first-order valence-electron chi connectivity index (χ1n) is 6.10. The Morgan fingerprint density at radius 2 is 2.00 bits per heavy atom. The lowest BCUT2D eigenvalue weighted by Gasteiger charge is -2.37. The van der Waals surface area contributed by atoms with Gasteiger partial charge in [-0.05, 0) is 17.5 Å². The molecule has 17 heavy (non-hydrogen) atoms. The average Bonchev–Trinajstić information content (AvgIpc) is 2.26. The Labute approximate surface area is 103 Å². The van der Waals surface area contributed by atoms with Crippen LogP contribution in [-0.4, -0.2) is 42.9 Å². The van der Waals surface area contributed by atoms with Gasteiger partial charge in [0, 0.05) is 39.3 Å². The van der Waals surface area contributed by atoms with Crippen molar-refractivity contribution in [3.05, 3.63) is 35.4 Å². The van der Waals surface area contributed by atoms with E-state index in [0.29, 0.717) is 0 Å². The van der Waals surface area contributed by atoms with Gasteiger partial charge < -0.3 is 4.90 Å². The molecule has 0 aliphatic carbocycles. The minimum Gasteiger partial charge on any atom is -0.345 e. The quantitative estimate of drug-likeness (QED) is 0.794. The highest BCUT2D eigenvalue weighted by atomic mass is 16.2. The van der Waals surface area contributed by atoms with Gasteiger partial charge in [-0.25, -0.2) is 0 Å². The van der Waals surface area contributed by atoms with Crippen LogP contribution in [0.15, 0.2) is 24.3 Å². The van der Waals surface area contributed by atoms with Gasteiger partial charge in [0.2, 0.25) is 0 Å². The molecular weight excluding hydrogens is 212 g/mol. The van der Waals surface area contributed by atoms with E-state index in [1.165, 1.54) is 0 Å². The number of hydrogen-bond donors (Lipinski definition) is 0. The molecule has 1 fully saturated rings.